The predicted molar refractivity (Wildman–Crippen MR) is 88.0 cm³/mol. The summed E-state index contributed by atoms with van der Waals surface area (Å²) in [6.45, 7) is 8.68. The Labute approximate surface area is 138 Å². The molecule has 0 radical (unpaired) electrons. The number of likely N-dealkylation sites (tertiary alicyclic amines) is 1. The summed E-state index contributed by atoms with van der Waals surface area (Å²) in [5.41, 5.74) is 0.371. The maximum Gasteiger partial charge on any atom is 0.276 e. The van der Waals surface area contributed by atoms with Gasteiger partial charge in [-0.15, -0.1) is 0 Å². The predicted octanol–water partition coefficient (Wildman–Crippen LogP) is 2.14. The molecular weight excluding hydrogens is 294 g/mol. The lowest BCUT2D eigenvalue weighted by molar-refractivity contribution is 0.0712. The molecule has 1 aliphatic rings. The highest BCUT2D eigenvalue weighted by Crippen LogP contribution is 2.16. The Balaban J connectivity index is 1.91. The number of carbonyl (C=O) groups is 1. The van der Waals surface area contributed by atoms with Crippen LogP contribution in [-0.2, 0) is 6.54 Å². The van der Waals surface area contributed by atoms with Gasteiger partial charge in [0.1, 0.15) is 0 Å². The Kier molecular flexibility index (Phi) is 6.18. The molecule has 1 fully saturated rings. The molecule has 6 heteroatoms. The van der Waals surface area contributed by atoms with Crippen LogP contribution in [0.25, 0.3) is 0 Å². The highest BCUT2D eigenvalue weighted by Gasteiger charge is 2.23. The van der Waals surface area contributed by atoms with E-state index in [9.17, 15) is 9.90 Å². The summed E-state index contributed by atoms with van der Waals surface area (Å²) in [4.78, 5) is 16.4. The van der Waals surface area contributed by atoms with E-state index in [1.165, 1.54) is 0 Å². The fraction of sp³-hybridized carbons (Fsp3) is 0.765. The van der Waals surface area contributed by atoms with Crippen molar-refractivity contribution < 1.29 is 14.4 Å². The first-order chi connectivity index (χ1) is 10.9. The lowest BCUT2D eigenvalue weighted by atomic mass is 10.0. The number of aliphatic hydroxyl groups is 1. The summed E-state index contributed by atoms with van der Waals surface area (Å²) >= 11 is 0. The van der Waals surface area contributed by atoms with Gasteiger partial charge < -0.3 is 14.5 Å². The van der Waals surface area contributed by atoms with Gasteiger partial charge in [0.05, 0.1) is 12.6 Å². The van der Waals surface area contributed by atoms with Gasteiger partial charge in [-0.2, -0.15) is 0 Å². The number of piperidine rings is 1. The minimum atomic E-state index is -0.186. The van der Waals surface area contributed by atoms with E-state index < -0.39 is 0 Å². The molecule has 0 saturated carbocycles. The van der Waals surface area contributed by atoms with Crippen LogP contribution in [0.5, 0.6) is 0 Å². The van der Waals surface area contributed by atoms with Gasteiger partial charge in [0.25, 0.3) is 5.91 Å². The fourth-order valence-electron chi connectivity index (χ4n) is 3.01. The topological polar surface area (TPSA) is 69.8 Å². The Hall–Kier alpha value is -1.40. The van der Waals surface area contributed by atoms with Gasteiger partial charge in [-0.05, 0) is 32.1 Å². The Morgan fingerprint density at radius 3 is 2.70 bits per heavy atom. The van der Waals surface area contributed by atoms with Crippen molar-refractivity contribution in [1.29, 1.82) is 0 Å². The Bertz CT molecular complexity index is 507. The summed E-state index contributed by atoms with van der Waals surface area (Å²) in [6.07, 6.45) is 2.35. The minimum absolute atomic E-state index is 0.0952. The van der Waals surface area contributed by atoms with Crippen LogP contribution in [-0.4, -0.2) is 58.3 Å². The number of nitrogens with zero attached hydrogens (tertiary/aromatic N) is 3. The molecule has 2 heterocycles. The van der Waals surface area contributed by atoms with E-state index in [-0.39, 0.29) is 18.1 Å². The van der Waals surface area contributed by atoms with Gasteiger partial charge >= 0.3 is 0 Å². The third kappa shape index (κ3) is 5.04. The number of aromatic nitrogens is 1. The average molecular weight is 323 g/mol. The van der Waals surface area contributed by atoms with Crippen LogP contribution in [0.1, 0.15) is 56.3 Å². The van der Waals surface area contributed by atoms with Crippen LogP contribution in [0.2, 0.25) is 0 Å². The molecule has 1 amide bonds. The van der Waals surface area contributed by atoms with Crippen LogP contribution in [0.15, 0.2) is 10.6 Å². The summed E-state index contributed by atoms with van der Waals surface area (Å²) in [7, 11) is 1.82. The van der Waals surface area contributed by atoms with E-state index in [1.54, 1.807) is 11.0 Å². The van der Waals surface area contributed by atoms with Crippen molar-refractivity contribution in [2.75, 3.05) is 20.1 Å². The number of carbonyl (C=O) groups excluding carboxylic acids is 1. The maximum absolute atomic E-state index is 12.5. The average Bonchev–Trinajstić information content (AvgIpc) is 2.96. The molecular formula is C17H29N3O3. The third-order valence-corrected chi connectivity index (χ3v) is 4.51. The molecule has 1 aliphatic heterocycles. The van der Waals surface area contributed by atoms with E-state index in [1.807, 2.05) is 7.05 Å². The standard InChI is InChI=1S/C17H29N3O3/c1-12(2)9-13(3)19(4)17(22)16-10-15(23-18-16)11-20-7-5-14(21)6-8-20/h10,12-14,21H,5-9,11H2,1-4H3. The second-order valence-corrected chi connectivity index (χ2v) is 7.08. The number of hydrogen-bond donors (Lipinski definition) is 1. The molecule has 2 rings (SSSR count). The number of aliphatic hydroxyl groups excluding tert-OH is 1. The molecule has 1 aromatic heterocycles. The first-order valence-electron chi connectivity index (χ1n) is 8.50. The van der Waals surface area contributed by atoms with Gasteiger partial charge in [-0.1, -0.05) is 19.0 Å². The van der Waals surface area contributed by atoms with E-state index in [4.69, 9.17) is 4.52 Å². The number of rotatable bonds is 6. The largest absolute Gasteiger partial charge is 0.393 e. The first-order valence-corrected chi connectivity index (χ1v) is 8.50. The molecule has 0 aromatic carbocycles. The van der Waals surface area contributed by atoms with Crippen molar-refractivity contribution in [3.8, 4) is 0 Å². The zero-order chi connectivity index (χ0) is 17.0. The molecule has 130 valence electrons. The molecule has 0 aliphatic carbocycles. The summed E-state index contributed by atoms with van der Waals surface area (Å²) < 4.78 is 5.32. The van der Waals surface area contributed by atoms with Crippen LogP contribution in [0.3, 0.4) is 0 Å². The van der Waals surface area contributed by atoms with Crippen LogP contribution in [0, 0.1) is 5.92 Å². The van der Waals surface area contributed by atoms with Gasteiger partial charge in [-0.25, -0.2) is 0 Å². The summed E-state index contributed by atoms with van der Waals surface area (Å²) in [5, 5.41) is 13.5. The van der Waals surface area contributed by atoms with Gasteiger partial charge in [0.2, 0.25) is 0 Å². The zero-order valence-corrected chi connectivity index (χ0v) is 14.7. The minimum Gasteiger partial charge on any atom is -0.393 e. The van der Waals surface area contributed by atoms with Crippen LogP contribution < -0.4 is 0 Å². The van der Waals surface area contributed by atoms with Crippen molar-refractivity contribution in [2.24, 2.45) is 5.92 Å². The van der Waals surface area contributed by atoms with Crippen molar-refractivity contribution in [3.05, 3.63) is 17.5 Å². The molecule has 6 nitrogen and oxygen atoms in total. The Morgan fingerprint density at radius 2 is 2.09 bits per heavy atom. The molecule has 1 saturated heterocycles. The molecule has 1 aromatic rings. The molecule has 0 bridgehead atoms. The quantitative estimate of drug-likeness (QED) is 0.868. The second-order valence-electron chi connectivity index (χ2n) is 7.08. The molecule has 23 heavy (non-hydrogen) atoms. The SMILES string of the molecule is CC(C)CC(C)N(C)C(=O)c1cc(CN2CCC(O)CC2)on1. The highest BCUT2D eigenvalue weighted by molar-refractivity contribution is 5.92. The van der Waals surface area contributed by atoms with Crippen molar-refractivity contribution in [2.45, 2.75) is 58.7 Å². The molecule has 1 unspecified atom stereocenters. The second kappa shape index (κ2) is 7.93. The van der Waals surface area contributed by atoms with Gasteiger partial charge in [-0.3, -0.25) is 9.69 Å². The van der Waals surface area contributed by atoms with Crippen LogP contribution >= 0.6 is 0 Å². The van der Waals surface area contributed by atoms with Crippen LogP contribution in [0.4, 0.5) is 0 Å². The van der Waals surface area contributed by atoms with Gasteiger partial charge in [0.15, 0.2) is 11.5 Å². The van der Waals surface area contributed by atoms with Crippen molar-refractivity contribution in [1.82, 2.24) is 15.0 Å². The highest BCUT2D eigenvalue weighted by atomic mass is 16.5. The fourth-order valence-corrected chi connectivity index (χ4v) is 3.01. The lowest BCUT2D eigenvalue weighted by Gasteiger charge is -2.28. The van der Waals surface area contributed by atoms with E-state index >= 15 is 0 Å². The van der Waals surface area contributed by atoms with E-state index in [0.717, 1.165) is 32.4 Å². The maximum atomic E-state index is 12.5. The molecule has 1 N–H and O–H groups in total. The van der Waals surface area contributed by atoms with Gasteiger partial charge in [0, 0.05) is 32.2 Å². The summed E-state index contributed by atoms with van der Waals surface area (Å²) in [5.74, 6) is 1.15. The zero-order valence-electron chi connectivity index (χ0n) is 14.7. The number of hydrogen-bond acceptors (Lipinski definition) is 5. The lowest BCUT2D eigenvalue weighted by Crippen LogP contribution is -2.36. The van der Waals surface area contributed by atoms with E-state index in [0.29, 0.717) is 23.9 Å². The Morgan fingerprint density at radius 1 is 1.43 bits per heavy atom. The van der Waals surface area contributed by atoms with Crippen molar-refractivity contribution in [3.63, 3.8) is 0 Å². The summed E-state index contributed by atoms with van der Waals surface area (Å²) in [6, 6.07) is 1.91. The first kappa shape index (κ1) is 17.9. The third-order valence-electron chi connectivity index (χ3n) is 4.51. The number of amides is 1. The molecule has 1 atom stereocenters. The normalized spacial score (nSPS) is 18.3. The smallest absolute Gasteiger partial charge is 0.276 e. The monoisotopic (exact) mass is 323 g/mol. The van der Waals surface area contributed by atoms with Crippen molar-refractivity contribution >= 4 is 5.91 Å². The molecule has 0 spiro atoms. The van der Waals surface area contributed by atoms with E-state index in [2.05, 4.69) is 30.8 Å².